The molecule has 1 aromatic carbocycles. The van der Waals surface area contributed by atoms with Crippen molar-refractivity contribution in [3.05, 3.63) is 40.9 Å². The fourth-order valence-electron chi connectivity index (χ4n) is 3.75. The number of sulfone groups is 1. The van der Waals surface area contributed by atoms with E-state index in [0.29, 0.717) is 40.5 Å². The molecular weight excluding hydrogens is 422 g/mol. The maximum absolute atomic E-state index is 13.1. The average Bonchev–Trinajstić information content (AvgIpc) is 3.54. The van der Waals surface area contributed by atoms with Crippen LogP contribution in [0.3, 0.4) is 0 Å². The van der Waals surface area contributed by atoms with E-state index in [0.717, 1.165) is 42.6 Å². The van der Waals surface area contributed by atoms with Crippen molar-refractivity contribution in [1.82, 2.24) is 4.98 Å². The lowest BCUT2D eigenvalue weighted by Gasteiger charge is -2.26. The van der Waals surface area contributed by atoms with E-state index in [1.54, 1.807) is 24.3 Å². The summed E-state index contributed by atoms with van der Waals surface area (Å²) in [6.07, 6.45) is 5.32. The molecule has 9 heteroatoms. The molecule has 1 atom stereocenters. The van der Waals surface area contributed by atoms with Crippen LogP contribution in [0, 0.1) is 17.2 Å². The monoisotopic (exact) mass is 445 g/mol. The van der Waals surface area contributed by atoms with Crippen LogP contribution in [0.2, 0.25) is 0 Å². The van der Waals surface area contributed by atoms with Crippen LogP contribution in [0.4, 0.5) is 5.13 Å². The Hall–Kier alpha value is -2.28. The van der Waals surface area contributed by atoms with Crippen molar-refractivity contribution in [3.8, 4) is 6.07 Å². The van der Waals surface area contributed by atoms with Gasteiger partial charge in [0.05, 0.1) is 22.3 Å². The molecule has 1 aromatic heterocycles. The Bertz CT molecular complexity index is 1050. The molecule has 158 valence electrons. The second-order valence-electron chi connectivity index (χ2n) is 7.79. The van der Waals surface area contributed by atoms with Crippen LogP contribution in [0.1, 0.15) is 48.5 Å². The summed E-state index contributed by atoms with van der Waals surface area (Å²) in [5.74, 6) is -0.270. The van der Waals surface area contributed by atoms with Gasteiger partial charge in [0.25, 0.3) is 0 Å². The first-order valence-electron chi connectivity index (χ1n) is 10.1. The number of carbonyl (C=O) groups is 1. The number of nitrogens with one attached hydrogen (secondary N) is 1. The molecule has 1 saturated heterocycles. The van der Waals surface area contributed by atoms with E-state index in [4.69, 9.17) is 10.00 Å². The lowest BCUT2D eigenvalue weighted by molar-refractivity contribution is -0.118. The van der Waals surface area contributed by atoms with Gasteiger partial charge in [0.1, 0.15) is 10.9 Å². The third kappa shape index (κ3) is 4.72. The van der Waals surface area contributed by atoms with Crippen molar-refractivity contribution in [2.75, 3.05) is 18.5 Å². The van der Waals surface area contributed by atoms with Crippen LogP contribution in [0.25, 0.3) is 0 Å². The number of benzene rings is 1. The number of thiazole rings is 1. The molecule has 1 saturated carbocycles. The van der Waals surface area contributed by atoms with Crippen molar-refractivity contribution in [2.24, 2.45) is 5.92 Å². The first-order chi connectivity index (χ1) is 14.5. The highest BCUT2D eigenvalue weighted by molar-refractivity contribution is 7.92. The third-order valence-corrected chi connectivity index (χ3v) is 8.74. The molecule has 1 aliphatic heterocycles. The Morgan fingerprint density at radius 3 is 2.53 bits per heavy atom. The first kappa shape index (κ1) is 21.0. The van der Waals surface area contributed by atoms with Gasteiger partial charge in [-0.1, -0.05) is 23.5 Å². The quantitative estimate of drug-likeness (QED) is 0.699. The zero-order chi connectivity index (χ0) is 21.1. The number of nitrogens with zero attached hydrogens (tertiary/aromatic N) is 2. The molecular formula is C21H23N3O4S2. The van der Waals surface area contributed by atoms with Gasteiger partial charge in [-0.3, -0.25) is 4.79 Å². The van der Waals surface area contributed by atoms with E-state index >= 15 is 0 Å². The fourth-order valence-corrected chi connectivity index (χ4v) is 6.02. The molecule has 30 heavy (non-hydrogen) atoms. The van der Waals surface area contributed by atoms with Gasteiger partial charge in [-0.15, -0.1) is 0 Å². The van der Waals surface area contributed by atoms with Crippen LogP contribution in [-0.4, -0.2) is 37.8 Å². The summed E-state index contributed by atoms with van der Waals surface area (Å²) in [4.78, 5) is 17.9. The number of aromatic nitrogens is 1. The topological polar surface area (TPSA) is 109 Å². The molecule has 2 aromatic rings. The van der Waals surface area contributed by atoms with Crippen LogP contribution < -0.4 is 5.32 Å². The van der Waals surface area contributed by atoms with Crippen LogP contribution in [-0.2, 0) is 19.4 Å². The van der Waals surface area contributed by atoms with E-state index in [9.17, 15) is 13.2 Å². The highest BCUT2D eigenvalue weighted by atomic mass is 32.2. The van der Waals surface area contributed by atoms with E-state index in [1.807, 2.05) is 6.07 Å². The number of rotatable bonds is 7. The summed E-state index contributed by atoms with van der Waals surface area (Å²) >= 11 is 1.13. The molecule has 0 spiro atoms. The molecule has 1 amide bonds. The lowest BCUT2D eigenvalue weighted by atomic mass is 9.84. The molecule has 1 N–H and O–H groups in total. The maximum atomic E-state index is 13.1. The number of ether oxygens (including phenoxy) is 1. The molecule has 1 aliphatic carbocycles. The van der Waals surface area contributed by atoms with E-state index < -0.39 is 15.8 Å². The van der Waals surface area contributed by atoms with Gasteiger partial charge in [-0.25, -0.2) is 13.4 Å². The Balaban J connectivity index is 1.55. The van der Waals surface area contributed by atoms with Crippen LogP contribution >= 0.6 is 11.3 Å². The summed E-state index contributed by atoms with van der Waals surface area (Å²) in [5.41, 5.74) is 0.783. The highest BCUT2D eigenvalue weighted by Gasteiger charge is 2.37. The summed E-state index contributed by atoms with van der Waals surface area (Å²) in [7, 11) is -3.26. The third-order valence-electron chi connectivity index (χ3n) is 5.65. The predicted octanol–water partition coefficient (Wildman–Crippen LogP) is 3.49. The van der Waals surface area contributed by atoms with Crippen LogP contribution in [0.15, 0.2) is 35.4 Å². The maximum Gasteiger partial charge on any atom is 0.233 e. The minimum Gasteiger partial charge on any atom is -0.381 e. The summed E-state index contributed by atoms with van der Waals surface area (Å²) < 4.78 is 30.4. The highest BCUT2D eigenvalue weighted by Crippen LogP contribution is 2.35. The zero-order valence-electron chi connectivity index (χ0n) is 16.4. The number of carbonyl (C=O) groups excluding carboxylic acids is 1. The van der Waals surface area contributed by atoms with Gasteiger partial charge in [0.15, 0.2) is 15.0 Å². The predicted molar refractivity (Wildman–Crippen MR) is 113 cm³/mol. The van der Waals surface area contributed by atoms with Gasteiger partial charge >= 0.3 is 0 Å². The summed E-state index contributed by atoms with van der Waals surface area (Å²) in [6, 6.07) is 8.75. The number of amides is 1. The van der Waals surface area contributed by atoms with Gasteiger partial charge in [0, 0.05) is 13.2 Å². The Kier molecular flexibility index (Phi) is 6.18. The van der Waals surface area contributed by atoms with Crippen LogP contribution in [0.5, 0.6) is 0 Å². The van der Waals surface area contributed by atoms with E-state index in [2.05, 4.69) is 10.3 Å². The molecule has 1 unspecified atom stereocenters. The summed E-state index contributed by atoms with van der Waals surface area (Å²) in [5, 5.41) is 11.9. The standard InChI is InChI=1S/C21H23N3O4S2/c22-12-16-13-23-21(29-16)24-20(25)19(11-14-7-9-28-10-8-14)15-1-3-17(4-2-15)30(26,27)18-5-6-18/h1-4,13-14,18-19H,5-11H2,(H,23,24,25). The lowest BCUT2D eigenvalue weighted by Crippen LogP contribution is -2.26. The molecule has 7 nitrogen and oxygen atoms in total. The van der Waals surface area contributed by atoms with Crippen molar-refractivity contribution < 1.29 is 17.9 Å². The first-order valence-corrected chi connectivity index (χ1v) is 12.4. The molecule has 2 heterocycles. The minimum atomic E-state index is -3.26. The molecule has 0 radical (unpaired) electrons. The zero-order valence-corrected chi connectivity index (χ0v) is 18.0. The largest absolute Gasteiger partial charge is 0.381 e. The Morgan fingerprint density at radius 1 is 1.23 bits per heavy atom. The molecule has 0 bridgehead atoms. The van der Waals surface area contributed by atoms with Crippen molar-refractivity contribution in [1.29, 1.82) is 5.26 Å². The van der Waals surface area contributed by atoms with Crippen molar-refractivity contribution in [3.63, 3.8) is 0 Å². The van der Waals surface area contributed by atoms with E-state index in [1.165, 1.54) is 6.20 Å². The molecule has 2 aliphatic rings. The smallest absolute Gasteiger partial charge is 0.233 e. The number of hydrogen-bond acceptors (Lipinski definition) is 7. The minimum absolute atomic E-state index is 0.196. The van der Waals surface area contributed by atoms with Crippen molar-refractivity contribution in [2.45, 2.75) is 48.2 Å². The second kappa shape index (κ2) is 8.84. The summed E-state index contributed by atoms with van der Waals surface area (Å²) in [6.45, 7) is 1.38. The fraction of sp³-hybridized carbons (Fsp3) is 0.476. The van der Waals surface area contributed by atoms with Gasteiger partial charge in [0.2, 0.25) is 5.91 Å². The average molecular weight is 446 g/mol. The SMILES string of the molecule is N#Cc1cnc(NC(=O)C(CC2CCOCC2)c2ccc(S(=O)(=O)C3CC3)cc2)s1. The number of anilines is 1. The van der Waals surface area contributed by atoms with Gasteiger partial charge in [-0.05, 0) is 55.7 Å². The Morgan fingerprint density at radius 2 is 1.93 bits per heavy atom. The van der Waals surface area contributed by atoms with E-state index in [-0.39, 0.29) is 11.2 Å². The second-order valence-corrected chi connectivity index (χ2v) is 11.0. The van der Waals surface area contributed by atoms with Crippen molar-refractivity contribution >= 4 is 32.2 Å². The van der Waals surface area contributed by atoms with Gasteiger partial charge < -0.3 is 10.1 Å². The van der Waals surface area contributed by atoms with Gasteiger partial charge in [-0.2, -0.15) is 5.26 Å². The number of hydrogen-bond donors (Lipinski definition) is 1. The molecule has 4 rings (SSSR count). The number of nitriles is 1. The molecule has 2 fully saturated rings. The Labute approximate surface area is 180 Å². The normalized spacial score (nSPS) is 18.5.